The average Bonchev–Trinajstić information content (AvgIpc) is 2.58. The molecule has 0 aromatic heterocycles. The van der Waals surface area contributed by atoms with E-state index in [4.69, 9.17) is 0 Å². The normalized spacial score (nSPS) is 23.0. The van der Waals surface area contributed by atoms with E-state index in [0.717, 1.165) is 12.0 Å². The third-order valence-corrected chi connectivity index (χ3v) is 5.63. The minimum atomic E-state index is 0.853. The van der Waals surface area contributed by atoms with Crippen LogP contribution in [0.25, 0.3) is 0 Å². The van der Waals surface area contributed by atoms with Crippen molar-refractivity contribution in [2.45, 2.75) is 70.3 Å². The molecule has 1 atom stereocenters. The number of benzene rings is 1. The topological polar surface area (TPSA) is 3.24 Å². The number of aryl methyl sites for hydroxylation is 1. The summed E-state index contributed by atoms with van der Waals surface area (Å²) in [6.07, 6.45) is 14.3. The van der Waals surface area contributed by atoms with Gasteiger partial charge in [0.05, 0.1) is 0 Å². The van der Waals surface area contributed by atoms with E-state index in [2.05, 4.69) is 35.2 Å². The summed E-state index contributed by atoms with van der Waals surface area (Å²) in [6, 6.07) is 12.0. The van der Waals surface area contributed by atoms with Crippen LogP contribution in [0.5, 0.6) is 0 Å². The van der Waals surface area contributed by atoms with Gasteiger partial charge in [-0.05, 0) is 63.1 Å². The standard InChI is InChI=1S/C20H31N/c1-4-10-18(11-5-1)14-15-20(19-12-6-2-7-13-19)21-16-8-3-9-17-21/h1,4-5,10-11,19-20H,2-3,6-9,12-17H2/t20-/m0/s1. The number of nitrogens with zero attached hydrogens (tertiary/aromatic N) is 1. The minimum absolute atomic E-state index is 0.853. The molecule has 0 N–H and O–H groups in total. The fourth-order valence-electron chi connectivity index (χ4n) is 4.44. The molecule has 1 aliphatic heterocycles. The van der Waals surface area contributed by atoms with E-state index in [1.807, 2.05) is 0 Å². The number of likely N-dealkylation sites (tertiary alicyclic amines) is 1. The second kappa shape index (κ2) is 7.98. The summed E-state index contributed by atoms with van der Waals surface area (Å²) in [5.41, 5.74) is 1.52. The van der Waals surface area contributed by atoms with Gasteiger partial charge >= 0.3 is 0 Å². The van der Waals surface area contributed by atoms with Crippen molar-refractivity contribution in [1.82, 2.24) is 4.90 Å². The smallest absolute Gasteiger partial charge is 0.0127 e. The number of hydrogen-bond donors (Lipinski definition) is 0. The van der Waals surface area contributed by atoms with Crippen LogP contribution in [-0.2, 0) is 6.42 Å². The van der Waals surface area contributed by atoms with Crippen molar-refractivity contribution in [3.8, 4) is 0 Å². The molecular formula is C20H31N. The van der Waals surface area contributed by atoms with E-state index in [-0.39, 0.29) is 0 Å². The van der Waals surface area contributed by atoms with Gasteiger partial charge in [-0.25, -0.2) is 0 Å². The highest BCUT2D eigenvalue weighted by Crippen LogP contribution is 2.32. The lowest BCUT2D eigenvalue weighted by atomic mass is 9.80. The molecule has 0 spiro atoms. The third-order valence-electron chi connectivity index (χ3n) is 5.63. The van der Waals surface area contributed by atoms with E-state index in [1.54, 1.807) is 0 Å². The highest BCUT2D eigenvalue weighted by atomic mass is 15.2. The first kappa shape index (κ1) is 15.1. The van der Waals surface area contributed by atoms with Gasteiger partial charge in [0.25, 0.3) is 0 Å². The summed E-state index contributed by atoms with van der Waals surface area (Å²) in [5.74, 6) is 0.973. The lowest BCUT2D eigenvalue weighted by Gasteiger charge is -2.41. The van der Waals surface area contributed by atoms with Crippen LogP contribution in [-0.4, -0.2) is 24.0 Å². The molecule has 1 heterocycles. The first-order valence-corrected chi connectivity index (χ1v) is 9.21. The van der Waals surface area contributed by atoms with E-state index < -0.39 is 0 Å². The predicted octanol–water partition coefficient (Wildman–Crippen LogP) is 5.05. The van der Waals surface area contributed by atoms with E-state index in [9.17, 15) is 0 Å². The highest BCUT2D eigenvalue weighted by Gasteiger charge is 2.29. The summed E-state index contributed by atoms with van der Waals surface area (Å²) in [4.78, 5) is 2.85. The Hall–Kier alpha value is -0.820. The fourth-order valence-corrected chi connectivity index (χ4v) is 4.44. The van der Waals surface area contributed by atoms with Crippen molar-refractivity contribution in [2.24, 2.45) is 5.92 Å². The summed E-state index contributed by atoms with van der Waals surface area (Å²) < 4.78 is 0. The van der Waals surface area contributed by atoms with Crippen molar-refractivity contribution in [3.05, 3.63) is 35.9 Å². The van der Waals surface area contributed by atoms with Crippen LogP contribution in [0.2, 0.25) is 0 Å². The Labute approximate surface area is 130 Å². The molecular weight excluding hydrogens is 254 g/mol. The van der Waals surface area contributed by atoms with Gasteiger partial charge in [-0.2, -0.15) is 0 Å². The zero-order valence-corrected chi connectivity index (χ0v) is 13.5. The van der Waals surface area contributed by atoms with Crippen molar-refractivity contribution in [1.29, 1.82) is 0 Å². The van der Waals surface area contributed by atoms with Crippen LogP contribution in [0.3, 0.4) is 0 Å². The van der Waals surface area contributed by atoms with Gasteiger partial charge in [0, 0.05) is 6.04 Å². The SMILES string of the molecule is c1ccc(CC[C@@H](C2CCCCC2)N2CCCCC2)cc1. The molecule has 0 bridgehead atoms. The summed E-state index contributed by atoms with van der Waals surface area (Å²) >= 11 is 0. The van der Waals surface area contributed by atoms with E-state index >= 15 is 0 Å². The molecule has 1 nitrogen and oxygen atoms in total. The molecule has 1 aromatic carbocycles. The van der Waals surface area contributed by atoms with Gasteiger partial charge in [-0.15, -0.1) is 0 Å². The molecule has 1 aromatic rings. The van der Waals surface area contributed by atoms with Crippen LogP contribution in [0, 0.1) is 5.92 Å². The molecule has 0 unspecified atom stereocenters. The molecule has 2 fully saturated rings. The largest absolute Gasteiger partial charge is 0.300 e. The molecule has 1 saturated heterocycles. The molecule has 0 radical (unpaired) electrons. The van der Waals surface area contributed by atoms with Crippen molar-refractivity contribution < 1.29 is 0 Å². The van der Waals surface area contributed by atoms with Crippen LogP contribution in [0.4, 0.5) is 0 Å². The van der Waals surface area contributed by atoms with Gasteiger partial charge in [-0.3, -0.25) is 0 Å². The van der Waals surface area contributed by atoms with Crippen molar-refractivity contribution in [3.63, 3.8) is 0 Å². The van der Waals surface area contributed by atoms with Gasteiger partial charge in [0.1, 0.15) is 0 Å². The highest BCUT2D eigenvalue weighted by molar-refractivity contribution is 5.14. The number of piperidine rings is 1. The molecule has 1 aliphatic carbocycles. The fraction of sp³-hybridized carbons (Fsp3) is 0.700. The number of hydrogen-bond acceptors (Lipinski definition) is 1. The molecule has 116 valence electrons. The lowest BCUT2D eigenvalue weighted by Crippen LogP contribution is -2.44. The van der Waals surface area contributed by atoms with Gasteiger partial charge in [0.2, 0.25) is 0 Å². The Morgan fingerprint density at radius 3 is 2.24 bits per heavy atom. The maximum atomic E-state index is 2.85. The van der Waals surface area contributed by atoms with Gasteiger partial charge < -0.3 is 4.90 Å². The Balaban J connectivity index is 1.62. The molecule has 2 aliphatic rings. The van der Waals surface area contributed by atoms with E-state index in [0.29, 0.717) is 0 Å². The van der Waals surface area contributed by atoms with Crippen molar-refractivity contribution >= 4 is 0 Å². The molecule has 1 saturated carbocycles. The predicted molar refractivity (Wildman–Crippen MR) is 90.6 cm³/mol. The quantitative estimate of drug-likeness (QED) is 0.731. The first-order chi connectivity index (χ1) is 10.4. The summed E-state index contributed by atoms with van der Waals surface area (Å²) in [7, 11) is 0. The first-order valence-electron chi connectivity index (χ1n) is 9.21. The second-order valence-electron chi connectivity index (χ2n) is 7.09. The number of rotatable bonds is 5. The third kappa shape index (κ3) is 4.32. The summed E-state index contributed by atoms with van der Waals surface area (Å²) in [5, 5.41) is 0. The monoisotopic (exact) mass is 285 g/mol. The van der Waals surface area contributed by atoms with Gasteiger partial charge in [-0.1, -0.05) is 56.0 Å². The Bertz CT molecular complexity index is 370. The zero-order valence-electron chi connectivity index (χ0n) is 13.5. The molecule has 3 rings (SSSR count). The Morgan fingerprint density at radius 2 is 1.52 bits per heavy atom. The summed E-state index contributed by atoms with van der Waals surface area (Å²) in [6.45, 7) is 2.71. The van der Waals surface area contributed by atoms with Crippen LogP contribution in [0.15, 0.2) is 30.3 Å². The Morgan fingerprint density at radius 1 is 0.857 bits per heavy atom. The van der Waals surface area contributed by atoms with Crippen LogP contribution >= 0.6 is 0 Å². The lowest BCUT2D eigenvalue weighted by molar-refractivity contribution is 0.0904. The maximum absolute atomic E-state index is 2.85. The Kier molecular flexibility index (Phi) is 5.74. The zero-order chi connectivity index (χ0) is 14.3. The van der Waals surface area contributed by atoms with Crippen LogP contribution in [0.1, 0.15) is 63.4 Å². The van der Waals surface area contributed by atoms with Crippen LogP contribution < -0.4 is 0 Å². The van der Waals surface area contributed by atoms with E-state index in [1.165, 1.54) is 82.9 Å². The van der Waals surface area contributed by atoms with Gasteiger partial charge in [0.15, 0.2) is 0 Å². The maximum Gasteiger partial charge on any atom is 0.0127 e. The molecule has 0 amide bonds. The van der Waals surface area contributed by atoms with Crippen molar-refractivity contribution in [2.75, 3.05) is 13.1 Å². The minimum Gasteiger partial charge on any atom is -0.300 e. The molecule has 1 heteroatoms. The second-order valence-corrected chi connectivity index (χ2v) is 7.09. The average molecular weight is 285 g/mol. The molecule has 21 heavy (non-hydrogen) atoms.